The summed E-state index contributed by atoms with van der Waals surface area (Å²) in [5.74, 6) is 0.965. The second-order valence-corrected chi connectivity index (χ2v) is 3.53. The van der Waals surface area contributed by atoms with Crippen LogP contribution in [0.2, 0.25) is 0 Å². The van der Waals surface area contributed by atoms with Crippen molar-refractivity contribution in [3.63, 3.8) is 0 Å². The van der Waals surface area contributed by atoms with Gasteiger partial charge in [-0.1, -0.05) is 0 Å². The zero-order valence-electron chi connectivity index (χ0n) is 6.15. The van der Waals surface area contributed by atoms with E-state index in [9.17, 15) is 0 Å². The summed E-state index contributed by atoms with van der Waals surface area (Å²) in [6.07, 6.45) is 1.42. The van der Waals surface area contributed by atoms with Crippen molar-refractivity contribution in [1.82, 2.24) is 10.2 Å². The molecule has 2 heteroatoms. The van der Waals surface area contributed by atoms with Crippen molar-refractivity contribution in [3.05, 3.63) is 0 Å². The van der Waals surface area contributed by atoms with E-state index in [0.717, 1.165) is 5.92 Å². The molecule has 1 saturated heterocycles. The van der Waals surface area contributed by atoms with Crippen LogP contribution in [0.4, 0.5) is 0 Å². The van der Waals surface area contributed by atoms with Crippen LogP contribution in [0.3, 0.4) is 0 Å². The molecule has 0 radical (unpaired) electrons. The van der Waals surface area contributed by atoms with Gasteiger partial charge in [0, 0.05) is 12.1 Å². The van der Waals surface area contributed by atoms with Gasteiger partial charge >= 0.3 is 0 Å². The van der Waals surface area contributed by atoms with Crippen molar-refractivity contribution in [2.75, 3.05) is 27.2 Å². The predicted octanol–water partition coefficient (Wildman–Crippen LogP) is -0.0901. The minimum Gasteiger partial charge on any atom is -0.315 e. The summed E-state index contributed by atoms with van der Waals surface area (Å²) in [6.45, 7) is 2.46. The van der Waals surface area contributed by atoms with Crippen LogP contribution in [0.25, 0.3) is 0 Å². The van der Waals surface area contributed by atoms with Crippen LogP contribution in [0.1, 0.15) is 6.42 Å². The van der Waals surface area contributed by atoms with E-state index in [0.29, 0.717) is 5.54 Å². The van der Waals surface area contributed by atoms with Gasteiger partial charge in [-0.05, 0) is 33.0 Å². The number of rotatable bonds is 1. The Morgan fingerprint density at radius 2 is 2.33 bits per heavy atom. The van der Waals surface area contributed by atoms with Crippen LogP contribution in [0.15, 0.2) is 0 Å². The van der Waals surface area contributed by atoms with Gasteiger partial charge in [-0.3, -0.25) is 0 Å². The number of fused-ring (bicyclic) bond motifs is 1. The monoisotopic (exact) mass is 126 g/mol. The molecule has 2 unspecified atom stereocenters. The molecule has 0 aromatic rings. The normalized spacial score (nSPS) is 47.7. The Morgan fingerprint density at radius 3 is 2.56 bits per heavy atom. The van der Waals surface area contributed by atoms with Crippen LogP contribution >= 0.6 is 0 Å². The van der Waals surface area contributed by atoms with Crippen molar-refractivity contribution < 1.29 is 0 Å². The van der Waals surface area contributed by atoms with Crippen molar-refractivity contribution in [3.8, 4) is 0 Å². The molecule has 2 aliphatic rings. The highest BCUT2D eigenvalue weighted by atomic mass is 15.3. The summed E-state index contributed by atoms with van der Waals surface area (Å²) in [7, 11) is 4.38. The molecule has 0 amide bonds. The molecular formula is C7H14N2. The summed E-state index contributed by atoms with van der Waals surface area (Å²) in [6, 6.07) is 0. The molecule has 2 rings (SSSR count). The minimum atomic E-state index is 0.583. The zero-order chi connectivity index (χ0) is 6.48. The van der Waals surface area contributed by atoms with Gasteiger partial charge in [0.25, 0.3) is 0 Å². The molecule has 0 aromatic heterocycles. The molecule has 9 heavy (non-hydrogen) atoms. The Kier molecular flexibility index (Phi) is 0.945. The highest BCUT2D eigenvalue weighted by molar-refractivity contribution is 5.16. The third-order valence-corrected chi connectivity index (χ3v) is 2.91. The van der Waals surface area contributed by atoms with E-state index < -0.39 is 0 Å². The topological polar surface area (TPSA) is 15.3 Å². The first-order valence-electron chi connectivity index (χ1n) is 3.64. The first-order valence-corrected chi connectivity index (χ1v) is 3.64. The predicted molar refractivity (Wildman–Crippen MR) is 37.4 cm³/mol. The second-order valence-electron chi connectivity index (χ2n) is 3.53. The van der Waals surface area contributed by atoms with Gasteiger partial charge in [0.2, 0.25) is 0 Å². The largest absolute Gasteiger partial charge is 0.315 e. The van der Waals surface area contributed by atoms with Crippen molar-refractivity contribution in [2.45, 2.75) is 12.0 Å². The fourth-order valence-electron chi connectivity index (χ4n) is 2.02. The Hall–Kier alpha value is -0.0800. The number of hydrogen-bond acceptors (Lipinski definition) is 2. The average molecular weight is 126 g/mol. The second kappa shape index (κ2) is 1.50. The molecule has 2 atom stereocenters. The quantitative estimate of drug-likeness (QED) is 0.528. The standard InChI is InChI=1S/C7H14N2/c1-9(2)7-3-6(7)4-8-5-7/h6,8H,3-5H2,1-2H3. The summed E-state index contributed by atoms with van der Waals surface area (Å²) < 4.78 is 0. The molecule has 0 aromatic carbocycles. The molecule has 0 spiro atoms. The smallest absolute Gasteiger partial charge is 0.0372 e. The number of hydrogen-bond donors (Lipinski definition) is 1. The summed E-state index contributed by atoms with van der Waals surface area (Å²) in [5.41, 5.74) is 0.583. The van der Waals surface area contributed by atoms with E-state index in [1.807, 2.05) is 0 Å². The first kappa shape index (κ1) is 5.69. The maximum absolute atomic E-state index is 3.40. The van der Waals surface area contributed by atoms with Gasteiger partial charge in [0.05, 0.1) is 0 Å². The van der Waals surface area contributed by atoms with Crippen LogP contribution in [-0.2, 0) is 0 Å². The number of nitrogens with one attached hydrogen (secondary N) is 1. The number of nitrogens with zero attached hydrogens (tertiary/aromatic N) is 1. The molecule has 1 saturated carbocycles. The fourth-order valence-corrected chi connectivity index (χ4v) is 2.02. The fraction of sp³-hybridized carbons (Fsp3) is 1.00. The maximum Gasteiger partial charge on any atom is 0.0372 e. The lowest BCUT2D eigenvalue weighted by atomic mass is 10.2. The van der Waals surface area contributed by atoms with Gasteiger partial charge in [-0.2, -0.15) is 0 Å². The van der Waals surface area contributed by atoms with Gasteiger partial charge in [0.1, 0.15) is 0 Å². The SMILES string of the molecule is CN(C)C12CNCC1C2. The molecule has 2 nitrogen and oxygen atoms in total. The Bertz CT molecular complexity index is 129. The summed E-state index contributed by atoms with van der Waals surface area (Å²) >= 11 is 0. The zero-order valence-corrected chi connectivity index (χ0v) is 6.15. The van der Waals surface area contributed by atoms with E-state index in [2.05, 4.69) is 24.3 Å². The Morgan fingerprint density at radius 1 is 1.56 bits per heavy atom. The van der Waals surface area contributed by atoms with Crippen molar-refractivity contribution in [2.24, 2.45) is 5.92 Å². The molecule has 52 valence electrons. The van der Waals surface area contributed by atoms with Crippen LogP contribution in [0, 0.1) is 5.92 Å². The van der Waals surface area contributed by atoms with Gasteiger partial charge < -0.3 is 10.2 Å². The first-order chi connectivity index (χ1) is 4.26. The van der Waals surface area contributed by atoms with E-state index in [1.54, 1.807) is 0 Å². The third-order valence-electron chi connectivity index (χ3n) is 2.91. The molecule has 1 heterocycles. The van der Waals surface area contributed by atoms with Gasteiger partial charge in [0.15, 0.2) is 0 Å². The lowest BCUT2D eigenvalue weighted by Crippen LogP contribution is -2.35. The van der Waals surface area contributed by atoms with E-state index in [1.165, 1.54) is 19.5 Å². The lowest BCUT2D eigenvalue weighted by Gasteiger charge is -2.20. The van der Waals surface area contributed by atoms with E-state index in [4.69, 9.17) is 0 Å². The maximum atomic E-state index is 3.40. The molecule has 1 N–H and O–H groups in total. The van der Waals surface area contributed by atoms with Gasteiger partial charge in [-0.15, -0.1) is 0 Å². The van der Waals surface area contributed by atoms with E-state index >= 15 is 0 Å². The van der Waals surface area contributed by atoms with Crippen molar-refractivity contribution in [1.29, 1.82) is 0 Å². The van der Waals surface area contributed by atoms with E-state index in [-0.39, 0.29) is 0 Å². The molecule has 1 aliphatic carbocycles. The summed E-state index contributed by atoms with van der Waals surface area (Å²) in [5, 5.41) is 3.40. The minimum absolute atomic E-state index is 0.583. The molecule has 2 fully saturated rings. The third kappa shape index (κ3) is 0.578. The molecular weight excluding hydrogens is 112 g/mol. The Balaban J connectivity index is 2.10. The highest BCUT2D eigenvalue weighted by Crippen LogP contribution is 2.49. The van der Waals surface area contributed by atoms with Crippen LogP contribution in [-0.4, -0.2) is 37.6 Å². The highest BCUT2D eigenvalue weighted by Gasteiger charge is 2.58. The van der Waals surface area contributed by atoms with Crippen LogP contribution < -0.4 is 5.32 Å². The number of likely N-dealkylation sites (N-methyl/N-ethyl adjacent to an activating group) is 1. The Labute approximate surface area is 56.2 Å². The average Bonchev–Trinajstić information content (AvgIpc) is 2.38. The lowest BCUT2D eigenvalue weighted by molar-refractivity contribution is 0.274. The van der Waals surface area contributed by atoms with Crippen molar-refractivity contribution >= 4 is 0 Å². The van der Waals surface area contributed by atoms with Gasteiger partial charge in [-0.25, -0.2) is 0 Å². The molecule has 1 aliphatic heterocycles. The van der Waals surface area contributed by atoms with Crippen LogP contribution in [0.5, 0.6) is 0 Å². The number of piperidine rings is 1. The molecule has 0 bridgehead atoms. The summed E-state index contributed by atoms with van der Waals surface area (Å²) in [4.78, 5) is 2.37.